The minimum absolute atomic E-state index is 0.0613. The summed E-state index contributed by atoms with van der Waals surface area (Å²) in [5.41, 5.74) is -1.39. The van der Waals surface area contributed by atoms with Crippen molar-refractivity contribution in [3.8, 4) is 0 Å². The van der Waals surface area contributed by atoms with Gasteiger partial charge in [0.2, 0.25) is 0 Å². The van der Waals surface area contributed by atoms with Crippen molar-refractivity contribution in [2.24, 2.45) is 0 Å². The highest BCUT2D eigenvalue weighted by Gasteiger charge is 2.39. The highest BCUT2D eigenvalue weighted by Crippen LogP contribution is 2.20. The molecule has 1 saturated heterocycles. The summed E-state index contributed by atoms with van der Waals surface area (Å²) in [6, 6.07) is 0. The molecule has 4 nitrogen and oxygen atoms in total. The lowest BCUT2D eigenvalue weighted by Crippen LogP contribution is -2.47. The molecule has 0 aromatic rings. The maximum atomic E-state index is 11.2. The Morgan fingerprint density at radius 3 is 3.00 bits per heavy atom. The number of rotatable bonds is 2. The number of carbonyl (C=O) groups is 1. The summed E-state index contributed by atoms with van der Waals surface area (Å²) in [5.74, 6) is -0.565. The van der Waals surface area contributed by atoms with Gasteiger partial charge in [0.1, 0.15) is 0 Å². The summed E-state index contributed by atoms with van der Waals surface area (Å²) in [5, 5.41) is 9.67. The monoisotopic (exact) mass is 174 g/mol. The van der Waals surface area contributed by atoms with Gasteiger partial charge in [-0.2, -0.15) is 0 Å². The van der Waals surface area contributed by atoms with E-state index in [9.17, 15) is 9.90 Å². The maximum Gasteiger partial charge on any atom is 0.340 e. The average Bonchev–Trinajstić information content (AvgIpc) is 2.06. The average molecular weight is 174 g/mol. The molecule has 0 radical (unpaired) electrons. The van der Waals surface area contributed by atoms with E-state index >= 15 is 0 Å². The van der Waals surface area contributed by atoms with E-state index in [0.29, 0.717) is 26.1 Å². The van der Waals surface area contributed by atoms with Gasteiger partial charge in [-0.1, -0.05) is 0 Å². The van der Waals surface area contributed by atoms with Crippen LogP contribution in [0.2, 0.25) is 0 Å². The summed E-state index contributed by atoms with van der Waals surface area (Å²) in [6.07, 6.45) is 1.14. The number of ether oxygens (including phenoxy) is 2. The van der Waals surface area contributed by atoms with Crippen molar-refractivity contribution in [3.05, 3.63) is 0 Å². The molecule has 0 aliphatic carbocycles. The van der Waals surface area contributed by atoms with Gasteiger partial charge in [-0.05, 0) is 19.8 Å². The molecule has 1 heterocycles. The van der Waals surface area contributed by atoms with Crippen LogP contribution in [-0.2, 0) is 14.3 Å². The number of carbonyl (C=O) groups excluding carboxylic acids is 1. The molecule has 0 aromatic carbocycles. The van der Waals surface area contributed by atoms with Crippen LogP contribution >= 0.6 is 0 Å². The van der Waals surface area contributed by atoms with E-state index in [0.717, 1.165) is 0 Å². The second-order valence-corrected chi connectivity index (χ2v) is 2.91. The van der Waals surface area contributed by atoms with Gasteiger partial charge in [0.25, 0.3) is 0 Å². The molecule has 70 valence electrons. The Balaban J connectivity index is 2.50. The van der Waals surface area contributed by atoms with Crippen molar-refractivity contribution in [2.45, 2.75) is 25.4 Å². The van der Waals surface area contributed by atoms with Crippen LogP contribution in [0.1, 0.15) is 19.8 Å². The van der Waals surface area contributed by atoms with E-state index in [2.05, 4.69) is 0 Å². The molecular formula is C8H14O4. The van der Waals surface area contributed by atoms with E-state index in [1.807, 2.05) is 0 Å². The first kappa shape index (κ1) is 9.48. The van der Waals surface area contributed by atoms with E-state index in [4.69, 9.17) is 9.47 Å². The van der Waals surface area contributed by atoms with Crippen molar-refractivity contribution < 1.29 is 19.4 Å². The molecule has 0 saturated carbocycles. The lowest BCUT2D eigenvalue weighted by atomic mass is 9.97. The van der Waals surface area contributed by atoms with Crippen LogP contribution in [0.5, 0.6) is 0 Å². The van der Waals surface area contributed by atoms with Gasteiger partial charge < -0.3 is 14.6 Å². The third-order valence-electron chi connectivity index (χ3n) is 1.88. The molecule has 12 heavy (non-hydrogen) atoms. The fourth-order valence-corrected chi connectivity index (χ4v) is 1.21. The predicted octanol–water partition coefficient (Wildman–Crippen LogP) is 0.0910. The number of hydrogen-bond acceptors (Lipinski definition) is 4. The topological polar surface area (TPSA) is 55.8 Å². The molecule has 0 aromatic heterocycles. The molecule has 0 unspecified atom stereocenters. The van der Waals surface area contributed by atoms with Crippen LogP contribution in [0.3, 0.4) is 0 Å². The molecular weight excluding hydrogens is 160 g/mol. The fourth-order valence-electron chi connectivity index (χ4n) is 1.21. The lowest BCUT2D eigenvalue weighted by Gasteiger charge is -2.29. The zero-order valence-electron chi connectivity index (χ0n) is 7.21. The fraction of sp³-hybridized carbons (Fsp3) is 0.875. The van der Waals surface area contributed by atoms with Gasteiger partial charge in [-0.3, -0.25) is 0 Å². The van der Waals surface area contributed by atoms with Crippen LogP contribution < -0.4 is 0 Å². The number of esters is 1. The van der Waals surface area contributed by atoms with E-state index < -0.39 is 11.6 Å². The summed E-state index contributed by atoms with van der Waals surface area (Å²) in [4.78, 5) is 11.2. The molecule has 0 bridgehead atoms. The number of aliphatic hydroxyl groups is 1. The second-order valence-electron chi connectivity index (χ2n) is 2.91. The SMILES string of the molecule is CCOC(=O)[C@@]1(O)CCCOC1. The van der Waals surface area contributed by atoms with Crippen LogP contribution in [0.15, 0.2) is 0 Å². The van der Waals surface area contributed by atoms with Gasteiger partial charge in [-0.25, -0.2) is 4.79 Å². The largest absolute Gasteiger partial charge is 0.464 e. The quantitative estimate of drug-likeness (QED) is 0.603. The molecule has 4 heteroatoms. The molecule has 0 amide bonds. The molecule has 1 aliphatic rings. The van der Waals surface area contributed by atoms with Crippen LogP contribution in [0, 0.1) is 0 Å². The summed E-state index contributed by atoms with van der Waals surface area (Å²) >= 11 is 0. The Morgan fingerprint density at radius 1 is 1.75 bits per heavy atom. The third kappa shape index (κ3) is 1.95. The Labute approximate surface area is 71.5 Å². The smallest absolute Gasteiger partial charge is 0.340 e. The van der Waals surface area contributed by atoms with Gasteiger partial charge in [0.05, 0.1) is 13.2 Å². The lowest BCUT2D eigenvalue weighted by molar-refractivity contribution is -0.178. The van der Waals surface area contributed by atoms with Crippen LogP contribution in [0.4, 0.5) is 0 Å². The Morgan fingerprint density at radius 2 is 2.50 bits per heavy atom. The molecule has 1 N–H and O–H groups in total. The normalized spacial score (nSPS) is 29.8. The minimum Gasteiger partial charge on any atom is -0.464 e. The summed E-state index contributed by atoms with van der Waals surface area (Å²) in [6.45, 7) is 2.68. The van der Waals surface area contributed by atoms with Crippen molar-refractivity contribution in [1.82, 2.24) is 0 Å². The van der Waals surface area contributed by atoms with E-state index in [1.54, 1.807) is 6.92 Å². The van der Waals surface area contributed by atoms with Gasteiger partial charge >= 0.3 is 5.97 Å². The first-order chi connectivity index (χ1) is 5.69. The predicted molar refractivity (Wildman–Crippen MR) is 41.6 cm³/mol. The zero-order valence-corrected chi connectivity index (χ0v) is 7.21. The number of hydrogen-bond donors (Lipinski definition) is 1. The molecule has 1 rings (SSSR count). The third-order valence-corrected chi connectivity index (χ3v) is 1.88. The highest BCUT2D eigenvalue weighted by atomic mass is 16.6. The van der Waals surface area contributed by atoms with Crippen molar-refractivity contribution in [1.29, 1.82) is 0 Å². The molecule has 1 atom stereocenters. The second kappa shape index (κ2) is 3.87. The minimum atomic E-state index is -1.39. The first-order valence-electron chi connectivity index (χ1n) is 4.16. The van der Waals surface area contributed by atoms with Gasteiger partial charge in [0.15, 0.2) is 5.60 Å². The standard InChI is InChI=1S/C8H14O4/c1-2-12-7(9)8(10)4-3-5-11-6-8/h10H,2-6H2,1H3/t8-/m1/s1. The van der Waals surface area contributed by atoms with Gasteiger partial charge in [0, 0.05) is 6.61 Å². The highest BCUT2D eigenvalue weighted by molar-refractivity contribution is 5.79. The van der Waals surface area contributed by atoms with E-state index in [-0.39, 0.29) is 6.61 Å². The van der Waals surface area contributed by atoms with Crippen molar-refractivity contribution in [2.75, 3.05) is 19.8 Å². The van der Waals surface area contributed by atoms with Gasteiger partial charge in [-0.15, -0.1) is 0 Å². The summed E-state index contributed by atoms with van der Waals surface area (Å²) in [7, 11) is 0. The Hall–Kier alpha value is -0.610. The van der Waals surface area contributed by atoms with E-state index in [1.165, 1.54) is 0 Å². The Bertz CT molecular complexity index is 160. The Kier molecular flexibility index (Phi) is 3.05. The van der Waals surface area contributed by atoms with Crippen LogP contribution in [-0.4, -0.2) is 36.5 Å². The van der Waals surface area contributed by atoms with Crippen LogP contribution in [0.25, 0.3) is 0 Å². The van der Waals surface area contributed by atoms with Crippen molar-refractivity contribution in [3.63, 3.8) is 0 Å². The van der Waals surface area contributed by atoms with Crippen molar-refractivity contribution >= 4 is 5.97 Å². The first-order valence-corrected chi connectivity index (χ1v) is 4.16. The molecule has 0 spiro atoms. The summed E-state index contributed by atoms with van der Waals surface area (Å²) < 4.78 is 9.72. The zero-order chi connectivity index (χ0) is 9.03. The molecule has 1 aliphatic heterocycles. The maximum absolute atomic E-state index is 11.2. The molecule has 1 fully saturated rings.